The first-order chi connectivity index (χ1) is 16.1. The van der Waals surface area contributed by atoms with Gasteiger partial charge in [0.15, 0.2) is 9.84 Å². The second-order valence-corrected chi connectivity index (χ2v) is 11.3. The first-order valence-electron chi connectivity index (χ1n) is 11.1. The number of ketones is 1. The van der Waals surface area contributed by atoms with E-state index in [0.717, 1.165) is 0 Å². The van der Waals surface area contributed by atoms with Crippen molar-refractivity contribution in [3.63, 3.8) is 0 Å². The summed E-state index contributed by atoms with van der Waals surface area (Å²) in [5, 5.41) is 11.1. The fraction of sp³-hybridized carbons (Fsp3) is 0.360. The number of nitrogens with zero attached hydrogens (tertiary/aromatic N) is 1. The third-order valence-electron chi connectivity index (χ3n) is 5.96. The lowest BCUT2D eigenvalue weighted by Crippen LogP contribution is -2.40. The number of ether oxygens (including phenoxy) is 1. The number of hydrogen-bond acceptors (Lipinski definition) is 6. The van der Waals surface area contributed by atoms with Crippen LogP contribution in [-0.2, 0) is 19.4 Å². The van der Waals surface area contributed by atoms with Crippen LogP contribution >= 0.6 is 0 Å². The average molecular weight is 488 g/mol. The molecule has 0 radical (unpaired) electrons. The van der Waals surface area contributed by atoms with Crippen molar-refractivity contribution in [2.45, 2.75) is 32.4 Å². The fourth-order valence-corrected chi connectivity index (χ4v) is 6.06. The van der Waals surface area contributed by atoms with E-state index in [2.05, 4.69) is 0 Å². The maximum atomic E-state index is 14.1. The highest BCUT2D eigenvalue weighted by Crippen LogP contribution is 2.42. The maximum Gasteiger partial charge on any atom is 0.295 e. The average Bonchev–Trinajstić information content (AvgIpc) is 3.28. The molecule has 2 aliphatic heterocycles. The van der Waals surface area contributed by atoms with Crippen molar-refractivity contribution < 1.29 is 32.2 Å². The highest BCUT2D eigenvalue weighted by atomic mass is 32.2. The van der Waals surface area contributed by atoms with Crippen LogP contribution in [0.2, 0.25) is 0 Å². The van der Waals surface area contributed by atoms with Crippen molar-refractivity contribution in [1.29, 1.82) is 0 Å². The summed E-state index contributed by atoms with van der Waals surface area (Å²) >= 11 is 0. The summed E-state index contributed by atoms with van der Waals surface area (Å²) in [6.07, 6.45) is 0.170. The number of Topliss-reactive ketones (excluding diaryl/α,β-unsaturated/α-hetero) is 1. The van der Waals surface area contributed by atoms with Gasteiger partial charge >= 0.3 is 0 Å². The second kappa shape index (κ2) is 9.21. The lowest BCUT2D eigenvalue weighted by molar-refractivity contribution is -0.141. The molecule has 2 heterocycles. The minimum atomic E-state index is -3.37. The number of aliphatic hydroxyl groups excluding tert-OH is 1. The number of benzene rings is 2. The summed E-state index contributed by atoms with van der Waals surface area (Å²) in [5.41, 5.74) is 0.369. The van der Waals surface area contributed by atoms with Crippen molar-refractivity contribution in [2.75, 3.05) is 18.1 Å². The smallest absolute Gasteiger partial charge is 0.295 e. The largest absolute Gasteiger partial charge is 0.507 e. The molecule has 2 aliphatic rings. The van der Waals surface area contributed by atoms with Gasteiger partial charge in [0.05, 0.1) is 29.7 Å². The summed E-state index contributed by atoms with van der Waals surface area (Å²) in [6.45, 7) is 4.54. The molecule has 0 aliphatic carbocycles. The molecule has 0 saturated carbocycles. The van der Waals surface area contributed by atoms with E-state index in [-0.39, 0.29) is 34.6 Å². The third kappa shape index (κ3) is 4.70. The van der Waals surface area contributed by atoms with E-state index in [4.69, 9.17) is 4.74 Å². The Bertz CT molecular complexity index is 1250. The molecule has 2 aromatic carbocycles. The molecule has 1 N–H and O–H groups in total. The molecule has 2 aromatic rings. The first kappa shape index (κ1) is 23.9. The molecule has 0 spiro atoms. The zero-order valence-corrected chi connectivity index (χ0v) is 19.7. The van der Waals surface area contributed by atoms with Crippen molar-refractivity contribution in [1.82, 2.24) is 4.90 Å². The van der Waals surface area contributed by atoms with E-state index in [1.807, 2.05) is 13.8 Å². The normalized spacial score (nSPS) is 23.6. The number of sulfone groups is 1. The SMILES string of the molecule is CC(C)COc1ccc(C(O)=C2C(=O)C(=O)N([C@@H]3CCS(=O)(=O)C3)[C@H]2c2cccc(F)c2)cc1. The van der Waals surface area contributed by atoms with Crippen LogP contribution in [0.15, 0.2) is 54.1 Å². The van der Waals surface area contributed by atoms with Gasteiger partial charge in [0.2, 0.25) is 0 Å². The number of hydrogen-bond donors (Lipinski definition) is 1. The Morgan fingerprint density at radius 1 is 1.18 bits per heavy atom. The van der Waals surface area contributed by atoms with Gasteiger partial charge in [-0.2, -0.15) is 0 Å². The maximum absolute atomic E-state index is 14.1. The zero-order chi connectivity index (χ0) is 24.6. The summed E-state index contributed by atoms with van der Waals surface area (Å²) in [4.78, 5) is 27.3. The van der Waals surface area contributed by atoms with Crippen LogP contribution in [-0.4, -0.2) is 54.3 Å². The van der Waals surface area contributed by atoms with Crippen LogP contribution in [0.25, 0.3) is 5.76 Å². The van der Waals surface area contributed by atoms with Crippen molar-refractivity contribution in [3.05, 3.63) is 71.0 Å². The Balaban J connectivity index is 1.78. The van der Waals surface area contributed by atoms with Gasteiger partial charge in [-0.05, 0) is 54.3 Å². The van der Waals surface area contributed by atoms with Crippen LogP contribution in [0, 0.1) is 11.7 Å². The first-order valence-corrected chi connectivity index (χ1v) is 12.9. The van der Waals surface area contributed by atoms with Crippen molar-refractivity contribution >= 4 is 27.3 Å². The van der Waals surface area contributed by atoms with Gasteiger partial charge in [0.25, 0.3) is 11.7 Å². The molecule has 0 bridgehead atoms. The number of aliphatic hydroxyl groups is 1. The molecular formula is C25H26FNO6S. The number of carbonyl (C=O) groups is 2. The monoisotopic (exact) mass is 487 g/mol. The predicted octanol–water partition coefficient (Wildman–Crippen LogP) is 3.47. The third-order valence-corrected chi connectivity index (χ3v) is 7.71. The second-order valence-electron chi connectivity index (χ2n) is 9.05. The summed E-state index contributed by atoms with van der Waals surface area (Å²) < 4.78 is 43.9. The number of halogens is 1. The lowest BCUT2D eigenvalue weighted by atomic mass is 9.94. The quantitative estimate of drug-likeness (QED) is 0.380. The molecular weight excluding hydrogens is 461 g/mol. The molecule has 34 heavy (non-hydrogen) atoms. The minimum Gasteiger partial charge on any atom is -0.507 e. The van der Waals surface area contributed by atoms with Crippen LogP contribution in [0.3, 0.4) is 0 Å². The highest BCUT2D eigenvalue weighted by molar-refractivity contribution is 7.91. The zero-order valence-electron chi connectivity index (χ0n) is 18.9. The number of amides is 1. The Kier molecular flexibility index (Phi) is 6.49. The molecule has 180 valence electrons. The van der Waals surface area contributed by atoms with Crippen LogP contribution < -0.4 is 4.74 Å². The molecule has 2 saturated heterocycles. The van der Waals surface area contributed by atoms with Gasteiger partial charge in [-0.25, -0.2) is 12.8 Å². The van der Waals surface area contributed by atoms with Gasteiger partial charge in [0, 0.05) is 11.6 Å². The number of carbonyl (C=O) groups excluding carboxylic acids is 2. The van der Waals surface area contributed by atoms with Gasteiger partial charge in [-0.3, -0.25) is 9.59 Å². The fourth-order valence-electron chi connectivity index (χ4n) is 4.35. The van der Waals surface area contributed by atoms with E-state index in [1.54, 1.807) is 30.3 Å². The Morgan fingerprint density at radius 2 is 1.88 bits per heavy atom. The Labute approximate surface area is 197 Å². The van der Waals surface area contributed by atoms with Crippen molar-refractivity contribution in [3.8, 4) is 5.75 Å². The molecule has 4 rings (SSSR count). The van der Waals surface area contributed by atoms with E-state index in [0.29, 0.717) is 18.3 Å². The predicted molar refractivity (Wildman–Crippen MR) is 124 cm³/mol. The number of rotatable bonds is 6. The standard InChI is InChI=1S/C25H26FNO6S/c1-15(2)13-33-20-8-6-16(7-9-20)23(28)21-22(17-4-3-5-18(26)12-17)27(25(30)24(21)29)19-10-11-34(31,32)14-19/h3-9,12,15,19,22,28H,10-11,13-14H2,1-2H3/t19-,22+/m1/s1. The van der Waals surface area contributed by atoms with Crippen LogP contribution in [0.4, 0.5) is 4.39 Å². The molecule has 7 nitrogen and oxygen atoms in total. The van der Waals surface area contributed by atoms with Crippen LogP contribution in [0.1, 0.15) is 37.4 Å². The van der Waals surface area contributed by atoms with Gasteiger partial charge in [-0.15, -0.1) is 0 Å². The minimum absolute atomic E-state index is 0.103. The Hall–Kier alpha value is -3.20. The number of likely N-dealkylation sites (tertiary alicyclic amines) is 1. The van der Waals surface area contributed by atoms with Crippen molar-refractivity contribution in [2.24, 2.45) is 5.92 Å². The van der Waals surface area contributed by atoms with E-state index in [1.165, 1.54) is 23.1 Å². The molecule has 1 amide bonds. The molecule has 2 fully saturated rings. The molecule has 0 unspecified atom stereocenters. The van der Waals surface area contributed by atoms with Gasteiger partial charge in [0.1, 0.15) is 17.3 Å². The van der Waals surface area contributed by atoms with Gasteiger partial charge < -0.3 is 14.7 Å². The van der Waals surface area contributed by atoms with E-state index >= 15 is 0 Å². The van der Waals surface area contributed by atoms with E-state index < -0.39 is 45.2 Å². The summed E-state index contributed by atoms with van der Waals surface area (Å²) in [5.74, 6) is -2.30. The molecule has 2 atom stereocenters. The Morgan fingerprint density at radius 3 is 2.47 bits per heavy atom. The van der Waals surface area contributed by atoms with Crippen LogP contribution in [0.5, 0.6) is 5.75 Å². The molecule has 9 heteroatoms. The molecule has 0 aromatic heterocycles. The van der Waals surface area contributed by atoms with Gasteiger partial charge in [-0.1, -0.05) is 26.0 Å². The summed E-state index contributed by atoms with van der Waals surface area (Å²) in [7, 11) is -3.37. The van der Waals surface area contributed by atoms with E-state index in [9.17, 15) is 27.5 Å². The summed E-state index contributed by atoms with van der Waals surface area (Å²) in [6, 6.07) is 9.99. The lowest BCUT2D eigenvalue weighted by Gasteiger charge is -2.30. The topological polar surface area (TPSA) is 101 Å². The highest BCUT2D eigenvalue weighted by Gasteiger charge is 2.51.